The van der Waals surface area contributed by atoms with Gasteiger partial charge in [-0.15, -0.1) is 0 Å². The highest BCUT2D eigenvalue weighted by Gasteiger charge is 2.28. The Morgan fingerprint density at radius 2 is 2.13 bits per heavy atom. The number of aromatic nitrogens is 3. The maximum atomic E-state index is 14.3. The number of pyridine rings is 1. The molecule has 0 aromatic carbocycles. The molecule has 1 atom stereocenters. The minimum absolute atomic E-state index is 0.0615. The van der Waals surface area contributed by atoms with E-state index in [1.807, 2.05) is 20.8 Å². The topological polar surface area (TPSA) is 102 Å². The van der Waals surface area contributed by atoms with Crippen LogP contribution < -0.4 is 15.4 Å². The van der Waals surface area contributed by atoms with Crippen molar-refractivity contribution in [2.45, 2.75) is 45.3 Å². The second kappa shape index (κ2) is 9.10. The fourth-order valence-electron chi connectivity index (χ4n) is 3.08. The van der Waals surface area contributed by atoms with Crippen LogP contribution in [0.1, 0.15) is 33.6 Å². The summed E-state index contributed by atoms with van der Waals surface area (Å²) in [5.41, 5.74) is -0.00392. The second-order valence-corrected chi connectivity index (χ2v) is 7.99. The number of methoxy groups -OCH3 is 1. The number of piperidine rings is 1. The first-order valence-corrected chi connectivity index (χ1v) is 9.78. The number of anilines is 3. The van der Waals surface area contributed by atoms with Gasteiger partial charge < -0.3 is 25.0 Å². The zero-order chi connectivity index (χ0) is 21.7. The summed E-state index contributed by atoms with van der Waals surface area (Å²) in [7, 11) is 1.51. The van der Waals surface area contributed by atoms with Crippen molar-refractivity contribution in [1.82, 2.24) is 19.9 Å². The Hall–Kier alpha value is -3.17. The average molecular weight is 418 g/mol. The van der Waals surface area contributed by atoms with E-state index in [9.17, 15) is 9.18 Å². The van der Waals surface area contributed by atoms with Gasteiger partial charge in [0.05, 0.1) is 13.3 Å². The molecule has 2 N–H and O–H groups in total. The molecule has 0 saturated carbocycles. The van der Waals surface area contributed by atoms with Crippen LogP contribution in [0.4, 0.5) is 26.6 Å². The maximum absolute atomic E-state index is 14.3. The van der Waals surface area contributed by atoms with E-state index in [-0.39, 0.29) is 23.9 Å². The Kier molecular flexibility index (Phi) is 6.53. The Labute approximate surface area is 175 Å². The molecule has 1 unspecified atom stereocenters. The van der Waals surface area contributed by atoms with Crippen LogP contribution in [0.3, 0.4) is 0 Å². The minimum atomic E-state index is -0.576. The third-order valence-corrected chi connectivity index (χ3v) is 4.37. The van der Waals surface area contributed by atoms with Crippen molar-refractivity contribution < 1.29 is 18.7 Å². The van der Waals surface area contributed by atoms with Gasteiger partial charge in [0.25, 0.3) is 0 Å². The number of hydrogen-bond donors (Lipinski definition) is 2. The number of carbonyl (C=O) groups is 1. The van der Waals surface area contributed by atoms with Crippen LogP contribution in [0.2, 0.25) is 0 Å². The number of hydrogen-bond acceptors (Lipinski definition) is 8. The quantitative estimate of drug-likeness (QED) is 0.760. The number of likely N-dealkylation sites (tertiary alicyclic amines) is 1. The summed E-state index contributed by atoms with van der Waals surface area (Å²) in [6, 6.07) is 3.34. The van der Waals surface area contributed by atoms with E-state index < -0.39 is 11.4 Å². The van der Waals surface area contributed by atoms with E-state index in [4.69, 9.17) is 9.47 Å². The van der Waals surface area contributed by atoms with Crippen LogP contribution in [0.15, 0.2) is 24.5 Å². The number of carbonyl (C=O) groups excluding carboxylic acids is 1. The molecule has 2 aromatic heterocycles. The van der Waals surface area contributed by atoms with Crippen molar-refractivity contribution >= 4 is 23.5 Å². The first-order valence-electron chi connectivity index (χ1n) is 9.78. The third-order valence-electron chi connectivity index (χ3n) is 4.37. The van der Waals surface area contributed by atoms with Crippen molar-refractivity contribution in [3.63, 3.8) is 0 Å². The summed E-state index contributed by atoms with van der Waals surface area (Å²) in [6.45, 7) is 6.48. The molecule has 1 aliphatic rings. The Bertz CT molecular complexity index is 889. The van der Waals surface area contributed by atoms with Gasteiger partial charge >= 0.3 is 6.09 Å². The lowest BCUT2D eigenvalue weighted by Gasteiger charge is -2.34. The minimum Gasteiger partial charge on any atom is -0.480 e. The molecule has 0 bridgehead atoms. The SMILES string of the molecule is COc1ncccc1Nc1ncc(F)c(NC2CCCN(C(=O)OC(C)(C)C)C2)n1. The third kappa shape index (κ3) is 5.68. The standard InChI is InChI=1S/C20H27FN6O3/c1-20(2,3)30-19(28)27-10-6-7-13(12-27)24-16-14(21)11-23-18(26-16)25-15-8-5-9-22-17(15)29-4/h5,8-9,11,13H,6-7,10,12H2,1-4H3,(H2,23,24,25,26). The lowest BCUT2D eigenvalue weighted by atomic mass is 10.1. The Morgan fingerprint density at radius 1 is 1.33 bits per heavy atom. The van der Waals surface area contributed by atoms with Gasteiger partial charge in [-0.2, -0.15) is 4.98 Å². The number of nitrogens with zero attached hydrogens (tertiary/aromatic N) is 4. The number of ether oxygens (including phenoxy) is 2. The molecule has 1 saturated heterocycles. The van der Waals surface area contributed by atoms with Crippen LogP contribution in [-0.4, -0.2) is 57.8 Å². The second-order valence-electron chi connectivity index (χ2n) is 7.99. The van der Waals surface area contributed by atoms with Gasteiger partial charge in [-0.05, 0) is 45.7 Å². The van der Waals surface area contributed by atoms with E-state index >= 15 is 0 Å². The fourth-order valence-corrected chi connectivity index (χ4v) is 3.08. The van der Waals surface area contributed by atoms with Gasteiger partial charge in [0, 0.05) is 25.3 Å². The first kappa shape index (κ1) is 21.5. The van der Waals surface area contributed by atoms with Crippen molar-refractivity contribution in [3.05, 3.63) is 30.3 Å². The van der Waals surface area contributed by atoms with Crippen molar-refractivity contribution in [1.29, 1.82) is 0 Å². The van der Waals surface area contributed by atoms with Crippen molar-refractivity contribution in [2.24, 2.45) is 0 Å². The Morgan fingerprint density at radius 3 is 2.87 bits per heavy atom. The molecular formula is C20H27FN6O3. The van der Waals surface area contributed by atoms with E-state index in [2.05, 4.69) is 25.6 Å². The zero-order valence-corrected chi connectivity index (χ0v) is 17.6. The summed E-state index contributed by atoms with van der Waals surface area (Å²) < 4.78 is 25.0. The maximum Gasteiger partial charge on any atom is 0.410 e. The molecule has 1 fully saturated rings. The predicted molar refractivity (Wildman–Crippen MR) is 111 cm³/mol. The van der Waals surface area contributed by atoms with Crippen LogP contribution in [0.25, 0.3) is 0 Å². The molecule has 30 heavy (non-hydrogen) atoms. The van der Waals surface area contributed by atoms with Gasteiger partial charge in [0.15, 0.2) is 11.6 Å². The lowest BCUT2D eigenvalue weighted by molar-refractivity contribution is 0.0206. The highest BCUT2D eigenvalue weighted by atomic mass is 19.1. The summed E-state index contributed by atoms with van der Waals surface area (Å²) in [5, 5.41) is 6.07. The molecule has 0 radical (unpaired) electrons. The molecule has 1 amide bonds. The van der Waals surface area contributed by atoms with Crippen LogP contribution in [0, 0.1) is 5.82 Å². The smallest absolute Gasteiger partial charge is 0.410 e. The van der Waals surface area contributed by atoms with Gasteiger partial charge in [0.1, 0.15) is 11.3 Å². The first-order chi connectivity index (χ1) is 14.2. The molecule has 2 aromatic rings. The van der Waals surface area contributed by atoms with Crippen LogP contribution >= 0.6 is 0 Å². The summed E-state index contributed by atoms with van der Waals surface area (Å²) in [6.07, 6.45) is 3.88. The molecule has 1 aliphatic heterocycles. The highest BCUT2D eigenvalue weighted by Crippen LogP contribution is 2.25. The molecule has 10 heteroatoms. The molecule has 162 valence electrons. The van der Waals surface area contributed by atoms with Crippen molar-refractivity contribution in [2.75, 3.05) is 30.8 Å². The van der Waals surface area contributed by atoms with E-state index in [0.29, 0.717) is 24.7 Å². The lowest BCUT2D eigenvalue weighted by Crippen LogP contribution is -2.47. The monoisotopic (exact) mass is 418 g/mol. The zero-order valence-electron chi connectivity index (χ0n) is 17.6. The fraction of sp³-hybridized carbons (Fsp3) is 0.500. The molecule has 3 heterocycles. The largest absolute Gasteiger partial charge is 0.480 e. The normalized spacial score (nSPS) is 16.7. The van der Waals surface area contributed by atoms with Crippen LogP contribution in [-0.2, 0) is 4.74 Å². The molecule has 9 nitrogen and oxygen atoms in total. The summed E-state index contributed by atoms with van der Waals surface area (Å²) in [4.78, 5) is 26.3. The number of nitrogens with one attached hydrogen (secondary N) is 2. The highest BCUT2D eigenvalue weighted by molar-refractivity contribution is 5.68. The van der Waals surface area contributed by atoms with Gasteiger partial charge in [-0.25, -0.2) is 19.2 Å². The van der Waals surface area contributed by atoms with Gasteiger partial charge in [-0.1, -0.05) is 0 Å². The number of halogens is 1. The van der Waals surface area contributed by atoms with Crippen molar-refractivity contribution in [3.8, 4) is 5.88 Å². The van der Waals surface area contributed by atoms with Crippen LogP contribution in [0.5, 0.6) is 5.88 Å². The van der Waals surface area contributed by atoms with E-state index in [0.717, 1.165) is 19.0 Å². The number of rotatable bonds is 5. The molecule has 0 spiro atoms. The average Bonchev–Trinajstić information content (AvgIpc) is 2.70. The van der Waals surface area contributed by atoms with E-state index in [1.54, 1.807) is 23.2 Å². The predicted octanol–water partition coefficient (Wildman–Crippen LogP) is 3.57. The van der Waals surface area contributed by atoms with E-state index in [1.165, 1.54) is 7.11 Å². The molecular weight excluding hydrogens is 391 g/mol. The molecule has 3 rings (SSSR count). The van der Waals surface area contributed by atoms with Gasteiger partial charge in [-0.3, -0.25) is 0 Å². The summed E-state index contributed by atoms with van der Waals surface area (Å²) >= 11 is 0. The molecule has 0 aliphatic carbocycles. The number of amides is 1. The Balaban J connectivity index is 1.69. The summed E-state index contributed by atoms with van der Waals surface area (Å²) in [5.74, 6) is 0.0599. The van der Waals surface area contributed by atoms with Gasteiger partial charge in [0.2, 0.25) is 11.8 Å².